The maximum atomic E-state index is 3.57. The monoisotopic (exact) mass is 95.1 g/mol. The first-order valence-corrected chi connectivity index (χ1v) is 3.17. The van der Waals surface area contributed by atoms with Crippen molar-refractivity contribution in [3.63, 3.8) is 0 Å². The smallest absolute Gasteiger partial charge is 0.0231 e. The lowest BCUT2D eigenvalue weighted by Gasteiger charge is -2.30. The van der Waals surface area contributed by atoms with Gasteiger partial charge in [-0.3, -0.25) is 0 Å². The summed E-state index contributed by atoms with van der Waals surface area (Å²) >= 11 is 0. The van der Waals surface area contributed by atoms with Gasteiger partial charge in [-0.2, -0.15) is 0 Å². The summed E-state index contributed by atoms with van der Waals surface area (Å²) in [6.45, 7) is 0. The molecule has 1 spiro atoms. The van der Waals surface area contributed by atoms with Gasteiger partial charge in [-0.1, -0.05) is 0 Å². The van der Waals surface area contributed by atoms with Gasteiger partial charge in [0.25, 0.3) is 0 Å². The molecule has 3 atom stereocenters. The van der Waals surface area contributed by atoms with Crippen LogP contribution in [0.3, 0.4) is 0 Å². The minimum atomic E-state index is 0.755. The van der Waals surface area contributed by atoms with Gasteiger partial charge in [-0.15, -0.1) is 0 Å². The van der Waals surface area contributed by atoms with Crippen LogP contribution in [-0.4, -0.2) is 11.6 Å². The first-order valence-electron chi connectivity index (χ1n) is 3.17. The van der Waals surface area contributed by atoms with Gasteiger partial charge in [0, 0.05) is 11.6 Å². The average molecular weight is 95.1 g/mol. The number of rotatable bonds is 0. The molecule has 0 radical (unpaired) electrons. The van der Waals surface area contributed by atoms with E-state index in [9.17, 15) is 0 Å². The van der Waals surface area contributed by atoms with Crippen LogP contribution in [0, 0.1) is 5.92 Å². The van der Waals surface area contributed by atoms with Crippen LogP contribution in [0.2, 0.25) is 0 Å². The Bertz CT molecular complexity index is 121. The van der Waals surface area contributed by atoms with Gasteiger partial charge in [0.1, 0.15) is 0 Å². The normalized spacial score (nSPS) is 72.0. The largest absolute Gasteiger partial charge is 0.308 e. The first kappa shape index (κ1) is 3.08. The van der Waals surface area contributed by atoms with E-state index in [2.05, 4.69) is 5.32 Å². The zero-order valence-corrected chi connectivity index (χ0v) is 4.28. The number of piperidine rings is 1. The fourth-order valence-electron chi connectivity index (χ4n) is 2.43. The van der Waals surface area contributed by atoms with Crippen molar-refractivity contribution in [1.29, 1.82) is 0 Å². The van der Waals surface area contributed by atoms with Crippen molar-refractivity contribution in [3.8, 4) is 0 Å². The lowest BCUT2D eigenvalue weighted by molar-refractivity contribution is 0.300. The second-order valence-corrected chi connectivity index (χ2v) is 3.34. The van der Waals surface area contributed by atoms with Crippen molar-refractivity contribution in [3.05, 3.63) is 0 Å². The molecule has 38 valence electrons. The highest BCUT2D eigenvalue weighted by atomic mass is 15.2. The van der Waals surface area contributed by atoms with Crippen LogP contribution in [0.1, 0.15) is 19.3 Å². The zero-order valence-electron chi connectivity index (χ0n) is 4.28. The molecule has 4 aliphatic rings. The Kier molecular flexibility index (Phi) is 0.253. The summed E-state index contributed by atoms with van der Waals surface area (Å²) in [6, 6.07) is 0.957. The van der Waals surface area contributed by atoms with Crippen molar-refractivity contribution in [2.24, 2.45) is 5.92 Å². The summed E-state index contributed by atoms with van der Waals surface area (Å²) in [6.07, 6.45) is 4.52. The molecule has 2 aliphatic carbocycles. The molecule has 2 saturated heterocycles. The summed E-state index contributed by atoms with van der Waals surface area (Å²) in [5.74, 6) is 1.12. The molecule has 7 heavy (non-hydrogen) atoms. The number of hydrogen-bond acceptors (Lipinski definition) is 1. The SMILES string of the molecule is C1C2CC3(CC13)N2. The minimum Gasteiger partial charge on any atom is -0.308 e. The van der Waals surface area contributed by atoms with Crippen molar-refractivity contribution >= 4 is 0 Å². The summed E-state index contributed by atoms with van der Waals surface area (Å²) in [5.41, 5.74) is 0.755. The van der Waals surface area contributed by atoms with Gasteiger partial charge in [0.2, 0.25) is 0 Å². The standard InChI is InChI=1S/C6H9N/c1-4-2-6(4)3-5(1)7-6/h4-5,7H,1-3H2. The highest BCUT2D eigenvalue weighted by Gasteiger charge is 2.68. The molecule has 0 aromatic carbocycles. The van der Waals surface area contributed by atoms with Gasteiger partial charge in [-0.25, -0.2) is 0 Å². The molecule has 0 amide bonds. The third-order valence-electron chi connectivity index (χ3n) is 2.90. The lowest BCUT2D eigenvalue weighted by Crippen LogP contribution is -2.49. The number of nitrogens with one attached hydrogen (secondary N) is 1. The van der Waals surface area contributed by atoms with Gasteiger partial charge < -0.3 is 5.32 Å². The van der Waals surface area contributed by atoms with Crippen LogP contribution >= 0.6 is 0 Å². The van der Waals surface area contributed by atoms with Crippen LogP contribution in [0.4, 0.5) is 0 Å². The van der Waals surface area contributed by atoms with Gasteiger partial charge in [0.05, 0.1) is 0 Å². The summed E-state index contributed by atoms with van der Waals surface area (Å²) < 4.78 is 0. The maximum absolute atomic E-state index is 3.57. The molecule has 1 N–H and O–H groups in total. The summed E-state index contributed by atoms with van der Waals surface area (Å²) in [5, 5.41) is 3.57. The Balaban J connectivity index is 2.15. The van der Waals surface area contributed by atoms with E-state index in [0.29, 0.717) is 0 Å². The van der Waals surface area contributed by atoms with Crippen molar-refractivity contribution in [1.82, 2.24) is 5.32 Å². The minimum absolute atomic E-state index is 0.755. The van der Waals surface area contributed by atoms with E-state index < -0.39 is 0 Å². The Morgan fingerprint density at radius 2 is 2.29 bits per heavy atom. The lowest BCUT2D eigenvalue weighted by atomic mass is 10.0. The Labute approximate surface area is 43.1 Å². The molecular formula is C6H9N. The topological polar surface area (TPSA) is 12.0 Å². The van der Waals surface area contributed by atoms with Crippen LogP contribution in [-0.2, 0) is 0 Å². The molecule has 2 aliphatic heterocycles. The van der Waals surface area contributed by atoms with Crippen LogP contribution < -0.4 is 5.32 Å². The Hall–Kier alpha value is -0.0400. The van der Waals surface area contributed by atoms with Gasteiger partial charge >= 0.3 is 0 Å². The van der Waals surface area contributed by atoms with E-state index in [1.54, 1.807) is 0 Å². The third-order valence-corrected chi connectivity index (χ3v) is 2.90. The van der Waals surface area contributed by atoms with Crippen LogP contribution in [0.5, 0.6) is 0 Å². The Morgan fingerprint density at radius 3 is 2.43 bits per heavy atom. The van der Waals surface area contributed by atoms with Crippen LogP contribution in [0.15, 0.2) is 0 Å². The van der Waals surface area contributed by atoms with E-state index >= 15 is 0 Å². The maximum Gasteiger partial charge on any atom is 0.0231 e. The fraction of sp³-hybridized carbons (Fsp3) is 1.00. The predicted molar refractivity (Wildman–Crippen MR) is 27.0 cm³/mol. The Morgan fingerprint density at radius 1 is 1.43 bits per heavy atom. The van der Waals surface area contributed by atoms with Crippen LogP contribution in [0.25, 0.3) is 0 Å². The molecule has 0 aromatic heterocycles. The molecule has 2 heterocycles. The predicted octanol–water partition coefficient (Wildman–Crippen LogP) is 0.511. The van der Waals surface area contributed by atoms with Crippen molar-refractivity contribution in [2.75, 3.05) is 0 Å². The molecule has 4 rings (SSSR count). The van der Waals surface area contributed by atoms with E-state index in [0.717, 1.165) is 17.5 Å². The fourth-order valence-corrected chi connectivity index (χ4v) is 2.43. The summed E-state index contributed by atoms with van der Waals surface area (Å²) in [7, 11) is 0. The molecule has 2 bridgehead atoms. The third kappa shape index (κ3) is 0.177. The van der Waals surface area contributed by atoms with E-state index in [4.69, 9.17) is 0 Å². The molecule has 2 saturated carbocycles. The second-order valence-electron chi connectivity index (χ2n) is 3.34. The number of hydrogen-bond donors (Lipinski definition) is 1. The molecule has 1 heteroatoms. The van der Waals surface area contributed by atoms with Crippen molar-refractivity contribution in [2.45, 2.75) is 30.8 Å². The highest BCUT2D eigenvalue weighted by molar-refractivity contribution is 5.26. The van der Waals surface area contributed by atoms with E-state index in [1.807, 2.05) is 0 Å². The molecular weight excluding hydrogens is 86.1 g/mol. The first-order chi connectivity index (χ1) is 3.39. The van der Waals surface area contributed by atoms with E-state index in [-0.39, 0.29) is 0 Å². The van der Waals surface area contributed by atoms with Crippen molar-refractivity contribution < 1.29 is 0 Å². The molecule has 3 unspecified atom stereocenters. The highest BCUT2D eigenvalue weighted by Crippen LogP contribution is 2.62. The van der Waals surface area contributed by atoms with E-state index in [1.165, 1.54) is 19.3 Å². The average Bonchev–Trinajstić information content (AvgIpc) is 2.03. The van der Waals surface area contributed by atoms with Gasteiger partial charge in [0.15, 0.2) is 0 Å². The summed E-state index contributed by atoms with van der Waals surface area (Å²) in [4.78, 5) is 0. The second kappa shape index (κ2) is 0.576. The molecule has 1 nitrogen and oxygen atoms in total. The zero-order chi connectivity index (χ0) is 4.48. The molecule has 4 fully saturated rings. The quantitative estimate of drug-likeness (QED) is 0.462. The van der Waals surface area contributed by atoms with Gasteiger partial charge in [-0.05, 0) is 25.2 Å². The molecule has 0 aromatic rings.